The maximum Gasteiger partial charge on any atom is 0.306 e. The molecule has 0 aliphatic heterocycles. The Morgan fingerprint density at radius 1 is 0.256 bits per heavy atom. The van der Waals surface area contributed by atoms with Gasteiger partial charge in [0.05, 0.1) is 0 Å². The van der Waals surface area contributed by atoms with Crippen molar-refractivity contribution in [2.24, 2.45) is 0 Å². The van der Waals surface area contributed by atoms with Gasteiger partial charge in [0, 0.05) is 19.3 Å². The summed E-state index contributed by atoms with van der Waals surface area (Å²) in [5, 5.41) is 0. The summed E-state index contributed by atoms with van der Waals surface area (Å²) in [5.74, 6) is -0.921. The van der Waals surface area contributed by atoms with Crippen molar-refractivity contribution in [3.05, 3.63) is 85.1 Å². The highest BCUT2D eigenvalue weighted by Crippen LogP contribution is 2.18. The first-order valence-corrected chi connectivity index (χ1v) is 35.6. The fourth-order valence-corrected chi connectivity index (χ4v) is 10.3. The van der Waals surface area contributed by atoms with Gasteiger partial charge in [0.25, 0.3) is 0 Å². The van der Waals surface area contributed by atoms with Gasteiger partial charge in [-0.05, 0) is 96.3 Å². The first-order chi connectivity index (χ1) is 40.5. The number of esters is 3. The predicted molar refractivity (Wildman–Crippen MR) is 358 cm³/mol. The number of hydrogen-bond acceptors (Lipinski definition) is 6. The number of rotatable bonds is 65. The lowest BCUT2D eigenvalue weighted by Crippen LogP contribution is -2.30. The first kappa shape index (κ1) is 78.6. The zero-order chi connectivity index (χ0) is 59.2. The molecular formula is C76H134O6. The number of hydrogen-bond donors (Lipinski definition) is 0. The predicted octanol–water partition coefficient (Wildman–Crippen LogP) is 24.6. The molecule has 1 atom stereocenters. The molecule has 0 spiro atoms. The fraction of sp³-hybridized carbons (Fsp3) is 0.776. The Balaban J connectivity index is 4.39. The molecule has 0 aromatic rings. The summed E-state index contributed by atoms with van der Waals surface area (Å²) in [4.78, 5) is 38.5. The maximum atomic E-state index is 12.9. The van der Waals surface area contributed by atoms with Gasteiger partial charge in [0.15, 0.2) is 6.10 Å². The second-order valence-electron chi connectivity index (χ2n) is 23.8. The molecule has 0 amide bonds. The molecule has 0 fully saturated rings. The Bertz CT molecular complexity index is 1550. The standard InChI is InChI=1S/C76H134O6/c1-4-7-10-13-16-19-22-25-28-31-34-36-37-38-39-41-42-45-48-51-54-57-60-63-66-69-75(78)81-72-73(71-80-74(77)68-65-62-59-56-53-50-47-44-33-30-27-24-21-18-15-12-9-6-3)82-76(79)70-67-64-61-58-55-52-49-46-43-40-35-32-29-26-23-20-17-14-11-8-5-2/h8,11,17,20,26,29-30,33,35,40,46,49,55,58,73H,4-7,9-10,12-16,18-19,21-25,27-28,31-32,34,36-39,41-45,47-48,50-54,56-57,59-72H2,1-3H3/b11-8-,20-17-,29-26-,33-30-,40-35-,49-46-,58-55-. The summed E-state index contributed by atoms with van der Waals surface area (Å²) in [7, 11) is 0. The molecule has 0 saturated heterocycles. The molecule has 474 valence electrons. The molecule has 6 heteroatoms. The molecule has 0 bridgehead atoms. The van der Waals surface area contributed by atoms with E-state index in [-0.39, 0.29) is 37.5 Å². The molecule has 1 unspecified atom stereocenters. The second kappa shape index (κ2) is 70.1. The minimum Gasteiger partial charge on any atom is -0.462 e. The highest BCUT2D eigenvalue weighted by molar-refractivity contribution is 5.71. The quantitative estimate of drug-likeness (QED) is 0.0261. The van der Waals surface area contributed by atoms with Crippen LogP contribution in [0, 0.1) is 0 Å². The minimum atomic E-state index is -0.803. The molecule has 0 radical (unpaired) electrons. The average Bonchev–Trinajstić information content (AvgIpc) is 3.47. The van der Waals surface area contributed by atoms with Gasteiger partial charge in [-0.2, -0.15) is 0 Å². The van der Waals surface area contributed by atoms with E-state index in [0.29, 0.717) is 19.3 Å². The van der Waals surface area contributed by atoms with E-state index in [2.05, 4.69) is 106 Å². The van der Waals surface area contributed by atoms with Crippen LogP contribution >= 0.6 is 0 Å². The van der Waals surface area contributed by atoms with Gasteiger partial charge in [-0.1, -0.05) is 331 Å². The second-order valence-corrected chi connectivity index (χ2v) is 23.8. The van der Waals surface area contributed by atoms with Crippen LogP contribution in [0.15, 0.2) is 85.1 Å². The third-order valence-corrected chi connectivity index (χ3v) is 15.6. The van der Waals surface area contributed by atoms with Crippen molar-refractivity contribution in [3.8, 4) is 0 Å². The SMILES string of the molecule is CC/C=C\C/C=C\C/C=C\C/C=C\C/C=C\C/C=C\CCCCC(=O)OC(COC(=O)CCCCCCCCC/C=C\CCCCCCCCC)COC(=O)CCCCCCCCCCCCCCCCCCCCCCCCCCC. The molecule has 0 aromatic carbocycles. The van der Waals surface area contributed by atoms with Crippen molar-refractivity contribution in [1.82, 2.24) is 0 Å². The maximum absolute atomic E-state index is 12.9. The molecule has 0 aromatic heterocycles. The summed E-state index contributed by atoms with van der Waals surface area (Å²) in [6.45, 7) is 6.54. The molecule has 0 rings (SSSR count). The Morgan fingerprint density at radius 2 is 0.476 bits per heavy atom. The number of carbonyl (C=O) groups is 3. The van der Waals surface area contributed by atoms with E-state index in [1.165, 1.54) is 225 Å². The monoisotopic (exact) mass is 1140 g/mol. The van der Waals surface area contributed by atoms with Crippen LogP contribution in [-0.4, -0.2) is 37.2 Å². The van der Waals surface area contributed by atoms with Crippen molar-refractivity contribution < 1.29 is 28.6 Å². The van der Waals surface area contributed by atoms with Crippen LogP contribution in [0.1, 0.15) is 361 Å². The van der Waals surface area contributed by atoms with Gasteiger partial charge >= 0.3 is 17.9 Å². The number of allylic oxidation sites excluding steroid dienone is 14. The summed E-state index contributed by atoms with van der Waals surface area (Å²) < 4.78 is 17.0. The highest BCUT2D eigenvalue weighted by atomic mass is 16.6. The van der Waals surface area contributed by atoms with Crippen molar-refractivity contribution in [3.63, 3.8) is 0 Å². The number of carbonyl (C=O) groups excluding carboxylic acids is 3. The summed E-state index contributed by atoms with van der Waals surface area (Å²) in [5.41, 5.74) is 0. The van der Waals surface area contributed by atoms with E-state index in [0.717, 1.165) is 89.9 Å². The van der Waals surface area contributed by atoms with E-state index in [1.54, 1.807) is 0 Å². The van der Waals surface area contributed by atoms with Crippen molar-refractivity contribution >= 4 is 17.9 Å². The van der Waals surface area contributed by atoms with Gasteiger partial charge in [-0.15, -0.1) is 0 Å². The topological polar surface area (TPSA) is 78.9 Å². The lowest BCUT2D eigenvalue weighted by Gasteiger charge is -2.18. The van der Waals surface area contributed by atoms with Crippen molar-refractivity contribution in [2.75, 3.05) is 13.2 Å². The smallest absolute Gasteiger partial charge is 0.306 e. The number of ether oxygens (including phenoxy) is 3. The zero-order valence-corrected chi connectivity index (χ0v) is 54.5. The largest absolute Gasteiger partial charge is 0.462 e. The van der Waals surface area contributed by atoms with Crippen LogP contribution in [0.3, 0.4) is 0 Å². The molecule has 0 aliphatic carbocycles. The Hall–Kier alpha value is -3.41. The average molecular weight is 1140 g/mol. The third-order valence-electron chi connectivity index (χ3n) is 15.6. The Labute approximate surface area is 509 Å². The number of unbranched alkanes of at least 4 members (excludes halogenated alkanes) is 40. The fourth-order valence-electron chi connectivity index (χ4n) is 10.3. The Morgan fingerprint density at radius 3 is 0.780 bits per heavy atom. The molecule has 0 heterocycles. The van der Waals surface area contributed by atoms with Crippen LogP contribution in [0.2, 0.25) is 0 Å². The molecule has 82 heavy (non-hydrogen) atoms. The van der Waals surface area contributed by atoms with Gasteiger partial charge in [0.2, 0.25) is 0 Å². The lowest BCUT2D eigenvalue weighted by molar-refractivity contribution is -0.167. The van der Waals surface area contributed by atoms with Crippen molar-refractivity contribution in [2.45, 2.75) is 367 Å². The molecule has 0 saturated carbocycles. The minimum absolute atomic E-state index is 0.0924. The summed E-state index contributed by atoms with van der Waals surface area (Å²) in [6.07, 6.45) is 93.3. The van der Waals surface area contributed by atoms with Crippen LogP contribution in [0.4, 0.5) is 0 Å². The van der Waals surface area contributed by atoms with Gasteiger partial charge in [-0.25, -0.2) is 0 Å². The van der Waals surface area contributed by atoms with E-state index < -0.39 is 6.10 Å². The van der Waals surface area contributed by atoms with Gasteiger partial charge in [0.1, 0.15) is 13.2 Å². The zero-order valence-electron chi connectivity index (χ0n) is 54.5. The van der Waals surface area contributed by atoms with Crippen molar-refractivity contribution in [1.29, 1.82) is 0 Å². The Kier molecular flexibility index (Phi) is 67.2. The molecule has 6 nitrogen and oxygen atoms in total. The summed E-state index contributed by atoms with van der Waals surface area (Å²) >= 11 is 0. The van der Waals surface area contributed by atoms with Crippen LogP contribution in [-0.2, 0) is 28.6 Å². The van der Waals surface area contributed by atoms with E-state index in [4.69, 9.17) is 14.2 Å². The highest BCUT2D eigenvalue weighted by Gasteiger charge is 2.19. The molecular weight excluding hydrogens is 1010 g/mol. The normalized spacial score (nSPS) is 12.6. The van der Waals surface area contributed by atoms with E-state index in [9.17, 15) is 14.4 Å². The lowest BCUT2D eigenvalue weighted by atomic mass is 10.0. The first-order valence-electron chi connectivity index (χ1n) is 35.6. The third kappa shape index (κ3) is 67.4. The van der Waals surface area contributed by atoms with Crippen LogP contribution in [0.25, 0.3) is 0 Å². The van der Waals surface area contributed by atoms with E-state index in [1.807, 2.05) is 0 Å². The van der Waals surface area contributed by atoms with Gasteiger partial charge < -0.3 is 14.2 Å². The van der Waals surface area contributed by atoms with Crippen LogP contribution < -0.4 is 0 Å². The summed E-state index contributed by atoms with van der Waals surface area (Å²) in [6, 6.07) is 0. The van der Waals surface area contributed by atoms with Gasteiger partial charge in [-0.3, -0.25) is 14.4 Å². The molecule has 0 N–H and O–H groups in total. The van der Waals surface area contributed by atoms with E-state index >= 15 is 0 Å². The molecule has 0 aliphatic rings. The van der Waals surface area contributed by atoms with Crippen LogP contribution in [0.5, 0.6) is 0 Å².